The zero-order chi connectivity index (χ0) is 14.9. The van der Waals surface area contributed by atoms with Gasteiger partial charge >= 0.3 is 0 Å². The number of benzene rings is 1. The molecule has 1 unspecified atom stereocenters. The normalized spacial score (nSPS) is 12.7. The minimum atomic E-state index is -0.363. The van der Waals surface area contributed by atoms with E-state index in [1.54, 1.807) is 6.07 Å². The molecule has 0 bridgehead atoms. The van der Waals surface area contributed by atoms with Gasteiger partial charge in [-0.1, -0.05) is 0 Å². The van der Waals surface area contributed by atoms with Gasteiger partial charge in [0.25, 0.3) is 0 Å². The highest BCUT2D eigenvalue weighted by atomic mass is 79.9. The first-order valence-electron chi connectivity index (χ1n) is 6.14. The number of nitrogens with zero attached hydrogens (tertiary/aromatic N) is 2. The summed E-state index contributed by atoms with van der Waals surface area (Å²) < 4.78 is 15.8. The summed E-state index contributed by atoms with van der Waals surface area (Å²) >= 11 is 9.29. The van der Waals surface area contributed by atoms with Crippen molar-refractivity contribution in [2.45, 2.75) is 25.8 Å². The summed E-state index contributed by atoms with van der Waals surface area (Å²) in [7, 11) is 0. The van der Waals surface area contributed by atoms with Gasteiger partial charge in [0, 0.05) is 26.1 Å². The zero-order valence-corrected chi connectivity index (χ0v) is 13.4. The first-order valence-corrected chi connectivity index (χ1v) is 7.36. The quantitative estimate of drug-likeness (QED) is 0.848. The Morgan fingerprint density at radius 1 is 1.60 bits per heavy atom. The van der Waals surface area contributed by atoms with Crippen LogP contribution in [-0.4, -0.2) is 22.0 Å². The molecular weight excluding hydrogens is 349 g/mol. The number of hydrogen-bond acceptors (Lipinski definition) is 2. The third-order valence-electron chi connectivity index (χ3n) is 2.88. The minimum Gasteiger partial charge on any atom is -0.355 e. The van der Waals surface area contributed by atoms with Gasteiger partial charge in [-0.15, -0.1) is 11.6 Å². The molecule has 0 aliphatic carbocycles. The summed E-state index contributed by atoms with van der Waals surface area (Å²) in [5, 5.41) is 2.42. The molecule has 0 spiro atoms. The van der Waals surface area contributed by atoms with Crippen LogP contribution in [0, 0.1) is 5.82 Å². The second-order valence-corrected chi connectivity index (χ2v) is 5.98. The van der Waals surface area contributed by atoms with Crippen molar-refractivity contribution in [1.29, 1.82) is 0 Å². The highest BCUT2D eigenvalue weighted by Gasteiger charge is 2.16. The summed E-state index contributed by atoms with van der Waals surface area (Å²) in [6.45, 7) is 4.26. The van der Waals surface area contributed by atoms with Gasteiger partial charge in [0.2, 0.25) is 5.91 Å². The van der Waals surface area contributed by atoms with Gasteiger partial charge in [0.15, 0.2) is 0 Å². The molecular formula is C13H14BrClFN3O. The molecule has 1 amide bonds. The predicted molar refractivity (Wildman–Crippen MR) is 80.3 cm³/mol. The molecule has 1 atom stereocenters. The Morgan fingerprint density at radius 2 is 2.30 bits per heavy atom. The summed E-state index contributed by atoms with van der Waals surface area (Å²) in [5.41, 5.74) is 1.34. The monoisotopic (exact) mass is 361 g/mol. The summed E-state index contributed by atoms with van der Waals surface area (Å²) in [5.74, 6) is 0.199. The van der Waals surface area contributed by atoms with Crippen LogP contribution in [0.15, 0.2) is 16.6 Å². The molecule has 2 aromatic rings. The van der Waals surface area contributed by atoms with E-state index >= 15 is 0 Å². The van der Waals surface area contributed by atoms with Crippen LogP contribution in [0.5, 0.6) is 0 Å². The maximum atomic E-state index is 13.6. The Balaban J connectivity index is 2.45. The zero-order valence-electron chi connectivity index (χ0n) is 11.1. The fraction of sp³-hybridized carbons (Fsp3) is 0.385. The number of halogens is 3. The Bertz CT molecular complexity index is 657. The van der Waals surface area contributed by atoms with E-state index in [4.69, 9.17) is 11.6 Å². The Kier molecular flexibility index (Phi) is 4.65. The van der Waals surface area contributed by atoms with Gasteiger partial charge in [0.05, 0.1) is 20.9 Å². The number of nitrogens with one attached hydrogen (secondary N) is 1. The van der Waals surface area contributed by atoms with Crippen molar-refractivity contribution in [2.24, 2.45) is 0 Å². The van der Waals surface area contributed by atoms with Crippen molar-refractivity contribution in [3.8, 4) is 0 Å². The standard InChI is InChI=1S/C13H14BrClFN3O/c1-7(15)13-18-11-6-10(16)9(14)5-12(11)19(13)4-3-17-8(2)20/h5-7H,3-4H2,1-2H3,(H,17,20). The molecule has 1 aromatic carbocycles. The lowest BCUT2D eigenvalue weighted by atomic mass is 10.3. The van der Waals surface area contributed by atoms with Crippen LogP contribution >= 0.6 is 27.5 Å². The SMILES string of the molecule is CC(=O)NCCn1c(C(C)Cl)nc2cc(F)c(Br)cc21. The fourth-order valence-corrected chi connectivity index (χ4v) is 2.52. The average molecular weight is 363 g/mol. The van der Waals surface area contributed by atoms with E-state index in [0.29, 0.717) is 28.9 Å². The molecule has 0 radical (unpaired) electrons. The lowest BCUT2D eigenvalue weighted by Crippen LogP contribution is -2.25. The van der Waals surface area contributed by atoms with E-state index in [2.05, 4.69) is 26.2 Å². The molecule has 0 aliphatic heterocycles. The van der Waals surface area contributed by atoms with Crippen molar-refractivity contribution in [3.63, 3.8) is 0 Å². The molecule has 4 nitrogen and oxygen atoms in total. The third kappa shape index (κ3) is 3.12. The number of carbonyl (C=O) groups excluding carboxylic acids is 1. The largest absolute Gasteiger partial charge is 0.355 e. The maximum absolute atomic E-state index is 13.6. The summed E-state index contributed by atoms with van der Waals surface area (Å²) in [6, 6.07) is 3.05. The van der Waals surface area contributed by atoms with Gasteiger partial charge in [-0.05, 0) is 28.9 Å². The van der Waals surface area contributed by atoms with E-state index < -0.39 is 0 Å². The van der Waals surface area contributed by atoms with Gasteiger partial charge < -0.3 is 9.88 Å². The molecule has 0 aliphatic rings. The maximum Gasteiger partial charge on any atom is 0.216 e. The van der Waals surface area contributed by atoms with Crippen LogP contribution in [0.2, 0.25) is 0 Å². The number of carbonyl (C=O) groups is 1. The lowest BCUT2D eigenvalue weighted by molar-refractivity contribution is -0.118. The Morgan fingerprint density at radius 3 is 2.90 bits per heavy atom. The number of rotatable bonds is 4. The Hall–Kier alpha value is -1.14. The lowest BCUT2D eigenvalue weighted by Gasteiger charge is -2.11. The van der Waals surface area contributed by atoms with E-state index in [1.165, 1.54) is 13.0 Å². The molecule has 1 heterocycles. The molecule has 2 rings (SSSR count). The number of imidazole rings is 1. The second-order valence-electron chi connectivity index (χ2n) is 4.48. The first kappa shape index (κ1) is 15.3. The molecule has 0 saturated heterocycles. The molecule has 1 N–H and O–H groups in total. The van der Waals surface area contributed by atoms with Gasteiger partial charge in [0.1, 0.15) is 11.6 Å². The average Bonchev–Trinajstić information content (AvgIpc) is 2.68. The smallest absolute Gasteiger partial charge is 0.216 e. The van der Waals surface area contributed by atoms with Gasteiger partial charge in [-0.3, -0.25) is 4.79 Å². The van der Waals surface area contributed by atoms with Gasteiger partial charge in [-0.2, -0.15) is 0 Å². The van der Waals surface area contributed by atoms with Crippen molar-refractivity contribution in [3.05, 3.63) is 28.2 Å². The van der Waals surface area contributed by atoms with E-state index in [9.17, 15) is 9.18 Å². The van der Waals surface area contributed by atoms with Crippen molar-refractivity contribution >= 4 is 44.5 Å². The van der Waals surface area contributed by atoms with Crippen molar-refractivity contribution in [2.75, 3.05) is 6.54 Å². The molecule has 0 saturated carbocycles. The third-order valence-corrected chi connectivity index (χ3v) is 3.69. The number of alkyl halides is 1. The molecule has 1 aromatic heterocycles. The topological polar surface area (TPSA) is 46.9 Å². The van der Waals surface area contributed by atoms with Crippen molar-refractivity contribution in [1.82, 2.24) is 14.9 Å². The second kappa shape index (κ2) is 6.10. The number of fused-ring (bicyclic) bond motifs is 1. The van der Waals surface area contributed by atoms with Crippen LogP contribution < -0.4 is 5.32 Å². The fourth-order valence-electron chi connectivity index (χ4n) is 2.02. The highest BCUT2D eigenvalue weighted by Crippen LogP contribution is 2.28. The van der Waals surface area contributed by atoms with Crippen molar-refractivity contribution < 1.29 is 9.18 Å². The van der Waals surface area contributed by atoms with Crippen LogP contribution in [0.3, 0.4) is 0 Å². The molecule has 20 heavy (non-hydrogen) atoms. The van der Waals surface area contributed by atoms with E-state index in [0.717, 1.165) is 5.52 Å². The minimum absolute atomic E-state index is 0.0953. The van der Waals surface area contributed by atoms with E-state index in [1.807, 2.05) is 11.5 Å². The van der Waals surface area contributed by atoms with Gasteiger partial charge in [-0.25, -0.2) is 9.37 Å². The Labute approximate surface area is 129 Å². The highest BCUT2D eigenvalue weighted by molar-refractivity contribution is 9.10. The van der Waals surface area contributed by atoms with Crippen LogP contribution in [-0.2, 0) is 11.3 Å². The molecule has 0 fully saturated rings. The predicted octanol–water partition coefficient (Wildman–Crippen LogP) is 3.37. The number of amides is 1. The molecule has 7 heteroatoms. The summed E-state index contributed by atoms with van der Waals surface area (Å²) in [6.07, 6.45) is 0. The summed E-state index contributed by atoms with van der Waals surface area (Å²) in [4.78, 5) is 15.3. The van der Waals surface area contributed by atoms with Crippen LogP contribution in [0.1, 0.15) is 25.0 Å². The van der Waals surface area contributed by atoms with Crippen LogP contribution in [0.4, 0.5) is 4.39 Å². The number of aromatic nitrogens is 2. The van der Waals surface area contributed by atoms with Crippen LogP contribution in [0.25, 0.3) is 11.0 Å². The first-order chi connectivity index (χ1) is 9.40. The molecule has 108 valence electrons. The number of hydrogen-bond donors (Lipinski definition) is 1. The van der Waals surface area contributed by atoms with E-state index in [-0.39, 0.29) is 17.1 Å².